The molecule has 3 nitrogen and oxygen atoms in total. The Balaban J connectivity index is 1.70. The highest BCUT2D eigenvalue weighted by molar-refractivity contribution is 6.31. The molecule has 0 heterocycles. The van der Waals surface area contributed by atoms with Crippen molar-refractivity contribution in [2.45, 2.75) is 0 Å². The molecule has 0 aliphatic heterocycles. The molecule has 1 N–H and O–H groups in total. The van der Waals surface area contributed by atoms with E-state index in [0.717, 1.165) is 11.1 Å². The van der Waals surface area contributed by atoms with Gasteiger partial charge >= 0.3 is 0 Å². The van der Waals surface area contributed by atoms with Gasteiger partial charge in [0.15, 0.2) is 12.4 Å². The van der Waals surface area contributed by atoms with Gasteiger partial charge in [-0.2, -0.15) is 0 Å². The normalized spacial score (nSPS) is 10.3. The minimum Gasteiger partial charge on any atom is -0.483 e. The van der Waals surface area contributed by atoms with Gasteiger partial charge < -0.3 is 10.1 Å². The van der Waals surface area contributed by atoms with Gasteiger partial charge in [0, 0.05) is 5.56 Å². The molecule has 25 heavy (non-hydrogen) atoms. The molecule has 0 saturated heterocycles. The van der Waals surface area contributed by atoms with Crippen LogP contribution < -0.4 is 10.1 Å². The zero-order valence-electron chi connectivity index (χ0n) is 13.2. The second-order valence-electron chi connectivity index (χ2n) is 5.30. The minimum absolute atomic E-state index is 0.0254. The number of hydrogen-bond acceptors (Lipinski definition) is 2. The molecular formula is C20H15ClFNO2. The first-order chi connectivity index (χ1) is 12.1. The lowest BCUT2D eigenvalue weighted by atomic mass is 10.1. The first-order valence-electron chi connectivity index (χ1n) is 7.66. The molecule has 0 aliphatic carbocycles. The number of carbonyl (C=O) groups is 1. The van der Waals surface area contributed by atoms with Crippen molar-refractivity contribution in [3.05, 3.63) is 83.6 Å². The summed E-state index contributed by atoms with van der Waals surface area (Å²) in [6.45, 7) is -0.240. The van der Waals surface area contributed by atoms with Gasteiger partial charge in [0.1, 0.15) is 5.75 Å². The molecule has 0 spiro atoms. The van der Waals surface area contributed by atoms with Crippen molar-refractivity contribution < 1.29 is 13.9 Å². The van der Waals surface area contributed by atoms with Gasteiger partial charge in [-0.3, -0.25) is 4.79 Å². The maximum atomic E-state index is 13.8. The highest BCUT2D eigenvalue weighted by Crippen LogP contribution is 2.29. The smallest absolute Gasteiger partial charge is 0.262 e. The van der Waals surface area contributed by atoms with Crippen LogP contribution in [0.5, 0.6) is 5.75 Å². The van der Waals surface area contributed by atoms with Crippen LogP contribution in [0.25, 0.3) is 11.1 Å². The molecule has 126 valence electrons. The largest absolute Gasteiger partial charge is 0.483 e. The fraction of sp³-hybridized carbons (Fsp3) is 0.0500. The third-order valence-corrected chi connectivity index (χ3v) is 3.85. The predicted octanol–water partition coefficient (Wildman–Crippen LogP) is 5.16. The number of amides is 1. The summed E-state index contributed by atoms with van der Waals surface area (Å²) >= 11 is 5.70. The molecule has 3 rings (SSSR count). The standard InChI is InChI=1S/C20H15ClFNO2/c21-16-10-6-11-17(20(16)22)23-19(24)13-25-18-12-5-4-9-15(18)14-7-2-1-3-8-14/h1-12H,13H2,(H,23,24). The summed E-state index contributed by atoms with van der Waals surface area (Å²) in [7, 11) is 0. The van der Waals surface area contributed by atoms with Crippen LogP contribution in [0, 0.1) is 5.82 Å². The Kier molecular flexibility index (Phi) is 5.31. The molecule has 3 aromatic carbocycles. The average molecular weight is 356 g/mol. The number of para-hydroxylation sites is 1. The molecule has 0 aromatic heterocycles. The van der Waals surface area contributed by atoms with Gasteiger partial charge in [-0.15, -0.1) is 0 Å². The third-order valence-electron chi connectivity index (χ3n) is 3.56. The highest BCUT2D eigenvalue weighted by atomic mass is 35.5. The number of ether oxygens (including phenoxy) is 1. The van der Waals surface area contributed by atoms with Crippen LogP contribution in [0.2, 0.25) is 5.02 Å². The molecule has 0 atom stereocenters. The van der Waals surface area contributed by atoms with Gasteiger partial charge in [-0.1, -0.05) is 66.2 Å². The Hall–Kier alpha value is -2.85. The van der Waals surface area contributed by atoms with Gasteiger partial charge in [0.05, 0.1) is 10.7 Å². The summed E-state index contributed by atoms with van der Waals surface area (Å²) in [6, 6.07) is 21.6. The quantitative estimate of drug-likeness (QED) is 0.686. The van der Waals surface area contributed by atoms with Crippen molar-refractivity contribution >= 4 is 23.2 Å². The molecule has 0 aliphatic rings. The van der Waals surface area contributed by atoms with Crippen LogP contribution >= 0.6 is 11.6 Å². The van der Waals surface area contributed by atoms with Crippen molar-refractivity contribution in [3.63, 3.8) is 0 Å². The Morgan fingerprint density at radius 1 is 0.960 bits per heavy atom. The second-order valence-corrected chi connectivity index (χ2v) is 5.71. The average Bonchev–Trinajstić information content (AvgIpc) is 2.65. The Bertz CT molecular complexity index is 884. The van der Waals surface area contributed by atoms with Gasteiger partial charge in [0.2, 0.25) is 0 Å². The molecular weight excluding hydrogens is 341 g/mol. The van der Waals surface area contributed by atoms with Crippen molar-refractivity contribution in [3.8, 4) is 16.9 Å². The fourth-order valence-corrected chi connectivity index (χ4v) is 2.55. The highest BCUT2D eigenvalue weighted by Gasteiger charge is 2.11. The Morgan fingerprint density at radius 2 is 1.68 bits per heavy atom. The first-order valence-corrected chi connectivity index (χ1v) is 8.04. The molecule has 0 unspecified atom stereocenters. The van der Waals surface area contributed by atoms with Gasteiger partial charge in [-0.05, 0) is 23.8 Å². The lowest BCUT2D eigenvalue weighted by molar-refractivity contribution is -0.118. The summed E-state index contributed by atoms with van der Waals surface area (Å²) < 4.78 is 19.5. The lowest BCUT2D eigenvalue weighted by Crippen LogP contribution is -2.21. The topological polar surface area (TPSA) is 38.3 Å². The number of benzene rings is 3. The van der Waals surface area contributed by atoms with E-state index < -0.39 is 11.7 Å². The molecule has 0 bridgehead atoms. The third kappa shape index (κ3) is 4.17. The monoisotopic (exact) mass is 355 g/mol. The van der Waals surface area contributed by atoms with Crippen LogP contribution in [-0.4, -0.2) is 12.5 Å². The van der Waals surface area contributed by atoms with Crippen molar-refractivity contribution in [1.29, 1.82) is 0 Å². The summed E-state index contributed by atoms with van der Waals surface area (Å²) in [4.78, 5) is 12.1. The molecule has 1 amide bonds. The van der Waals surface area contributed by atoms with Gasteiger partial charge in [0.25, 0.3) is 5.91 Å². The van der Waals surface area contributed by atoms with E-state index >= 15 is 0 Å². The van der Waals surface area contributed by atoms with Crippen LogP contribution in [-0.2, 0) is 4.79 Å². The predicted molar refractivity (Wildman–Crippen MR) is 97.4 cm³/mol. The summed E-state index contributed by atoms with van der Waals surface area (Å²) in [5.74, 6) is -0.554. The van der Waals surface area contributed by atoms with E-state index in [-0.39, 0.29) is 17.3 Å². The number of hydrogen-bond donors (Lipinski definition) is 1. The van der Waals surface area contributed by atoms with E-state index in [1.54, 1.807) is 12.1 Å². The lowest BCUT2D eigenvalue weighted by Gasteiger charge is -2.12. The van der Waals surface area contributed by atoms with Crippen molar-refractivity contribution in [2.75, 3.05) is 11.9 Å². The number of rotatable bonds is 5. The molecule has 0 saturated carbocycles. The molecule has 0 fully saturated rings. The number of carbonyl (C=O) groups excluding carboxylic acids is 1. The molecule has 0 radical (unpaired) electrons. The van der Waals surface area contributed by atoms with Crippen molar-refractivity contribution in [2.24, 2.45) is 0 Å². The van der Waals surface area contributed by atoms with E-state index in [9.17, 15) is 9.18 Å². The Morgan fingerprint density at radius 3 is 2.48 bits per heavy atom. The second kappa shape index (κ2) is 7.81. The van der Waals surface area contributed by atoms with Crippen LogP contribution in [0.15, 0.2) is 72.8 Å². The summed E-state index contributed by atoms with van der Waals surface area (Å²) in [6.07, 6.45) is 0. The zero-order valence-corrected chi connectivity index (χ0v) is 14.0. The maximum absolute atomic E-state index is 13.8. The number of nitrogens with one attached hydrogen (secondary N) is 1. The van der Waals surface area contributed by atoms with Gasteiger partial charge in [-0.25, -0.2) is 4.39 Å². The summed E-state index contributed by atoms with van der Waals surface area (Å²) in [5, 5.41) is 2.41. The van der Waals surface area contributed by atoms with Crippen LogP contribution in [0.1, 0.15) is 0 Å². The minimum atomic E-state index is -0.665. The van der Waals surface area contributed by atoms with Crippen LogP contribution in [0.3, 0.4) is 0 Å². The van der Waals surface area contributed by atoms with E-state index in [2.05, 4.69) is 5.32 Å². The van der Waals surface area contributed by atoms with E-state index in [4.69, 9.17) is 16.3 Å². The maximum Gasteiger partial charge on any atom is 0.262 e. The first kappa shape index (κ1) is 17.0. The summed E-state index contributed by atoms with van der Waals surface area (Å²) in [5.41, 5.74) is 1.89. The van der Waals surface area contributed by atoms with Crippen LogP contribution in [0.4, 0.5) is 10.1 Å². The molecule has 5 heteroatoms. The van der Waals surface area contributed by atoms with E-state index in [1.165, 1.54) is 12.1 Å². The zero-order chi connectivity index (χ0) is 17.6. The van der Waals surface area contributed by atoms with E-state index in [1.807, 2.05) is 48.5 Å². The molecule has 3 aromatic rings. The van der Waals surface area contributed by atoms with E-state index in [0.29, 0.717) is 5.75 Å². The number of halogens is 2. The fourth-order valence-electron chi connectivity index (χ4n) is 2.38. The van der Waals surface area contributed by atoms with Crippen molar-refractivity contribution in [1.82, 2.24) is 0 Å². The Labute approximate surface area is 150 Å². The number of anilines is 1. The SMILES string of the molecule is O=C(COc1ccccc1-c1ccccc1)Nc1cccc(Cl)c1F.